The van der Waals surface area contributed by atoms with Crippen molar-refractivity contribution >= 4 is 22.4 Å². The number of hydrogen-bond donors (Lipinski definition) is 0. The lowest BCUT2D eigenvalue weighted by atomic mass is 10.3. The van der Waals surface area contributed by atoms with E-state index in [9.17, 15) is 0 Å². The first-order valence-electron chi connectivity index (χ1n) is 5.09. The average Bonchev–Trinajstić information content (AvgIpc) is 2.91. The summed E-state index contributed by atoms with van der Waals surface area (Å²) in [5.74, 6) is 0.513. The molecule has 0 N–H and O–H groups in total. The van der Waals surface area contributed by atoms with Crippen molar-refractivity contribution in [1.29, 1.82) is 0 Å². The van der Waals surface area contributed by atoms with E-state index in [1.165, 1.54) is 11.3 Å². The normalized spacial score (nSPS) is 10.6. The minimum absolute atomic E-state index is 0.513. The number of thiazole rings is 1. The molecule has 84 valence electrons. The molecule has 0 fully saturated rings. The van der Waals surface area contributed by atoms with E-state index in [4.69, 9.17) is 4.74 Å². The lowest BCUT2D eigenvalue weighted by Crippen LogP contribution is -1.95. The van der Waals surface area contributed by atoms with Crippen LogP contribution in [0.4, 0.5) is 0 Å². The third-order valence-electron chi connectivity index (χ3n) is 2.37. The van der Waals surface area contributed by atoms with Crippen LogP contribution in [0.3, 0.4) is 0 Å². The second-order valence-electron chi connectivity index (χ2n) is 3.41. The van der Waals surface area contributed by atoms with Gasteiger partial charge in [-0.3, -0.25) is 0 Å². The van der Waals surface area contributed by atoms with Gasteiger partial charge in [0.15, 0.2) is 5.69 Å². The summed E-state index contributed by atoms with van der Waals surface area (Å²) in [7, 11) is 1.59. The molecule has 3 aromatic rings. The van der Waals surface area contributed by atoms with Gasteiger partial charge in [-0.2, -0.15) is 0 Å². The van der Waals surface area contributed by atoms with Gasteiger partial charge in [0.1, 0.15) is 5.01 Å². The van der Waals surface area contributed by atoms with Crippen molar-refractivity contribution in [3.63, 3.8) is 0 Å². The van der Waals surface area contributed by atoms with E-state index in [1.807, 2.05) is 29.6 Å². The molecule has 3 rings (SSSR count). The molecule has 2 heterocycles. The van der Waals surface area contributed by atoms with Crippen LogP contribution in [0.15, 0.2) is 35.8 Å². The van der Waals surface area contributed by atoms with Crippen LogP contribution in [0.25, 0.3) is 21.7 Å². The molecule has 0 radical (unpaired) electrons. The fraction of sp³-hybridized carbons (Fsp3) is 0.0833. The summed E-state index contributed by atoms with van der Waals surface area (Å²) in [6.45, 7) is 0. The van der Waals surface area contributed by atoms with Crippen LogP contribution < -0.4 is 4.74 Å². The number of nitrogens with zero attached hydrogens (tertiary/aromatic N) is 3. The minimum atomic E-state index is 0.513. The Kier molecular flexibility index (Phi) is 2.45. The summed E-state index contributed by atoms with van der Waals surface area (Å²) in [6.07, 6.45) is 1.75. The van der Waals surface area contributed by atoms with E-state index < -0.39 is 0 Å². The lowest BCUT2D eigenvalue weighted by Gasteiger charge is -2.05. The highest BCUT2D eigenvalue weighted by Gasteiger charge is 2.13. The Morgan fingerprint density at radius 2 is 1.88 bits per heavy atom. The van der Waals surface area contributed by atoms with Crippen LogP contribution in [-0.2, 0) is 0 Å². The first-order chi connectivity index (χ1) is 8.38. The summed E-state index contributed by atoms with van der Waals surface area (Å²) in [6, 6.07) is 7.71. The summed E-state index contributed by atoms with van der Waals surface area (Å²) < 4.78 is 5.27. The lowest BCUT2D eigenvalue weighted by molar-refractivity contribution is 0.399. The number of hydrogen-bond acceptors (Lipinski definition) is 5. The molecular formula is C12H9N3OS. The molecule has 0 aliphatic carbocycles. The predicted molar refractivity (Wildman–Crippen MR) is 67.2 cm³/mol. The number of rotatable bonds is 2. The summed E-state index contributed by atoms with van der Waals surface area (Å²) in [5.41, 5.74) is 2.37. The maximum absolute atomic E-state index is 5.27. The zero-order chi connectivity index (χ0) is 11.7. The van der Waals surface area contributed by atoms with Crippen LogP contribution in [-0.4, -0.2) is 22.1 Å². The molecule has 0 saturated carbocycles. The monoisotopic (exact) mass is 243 g/mol. The van der Waals surface area contributed by atoms with E-state index in [0.717, 1.165) is 16.0 Å². The number of fused-ring (bicyclic) bond motifs is 1. The minimum Gasteiger partial charge on any atom is -0.479 e. The van der Waals surface area contributed by atoms with Gasteiger partial charge in [-0.1, -0.05) is 12.1 Å². The standard InChI is InChI=1S/C12H9N3OS/c1-16-11-10(12-13-6-7-17-12)14-8-4-2-3-5-9(8)15-11/h2-7H,1H3. The van der Waals surface area contributed by atoms with Gasteiger partial charge in [0.2, 0.25) is 5.88 Å². The van der Waals surface area contributed by atoms with Crippen molar-refractivity contribution in [3.8, 4) is 16.6 Å². The second-order valence-corrected chi connectivity index (χ2v) is 4.30. The molecule has 2 aromatic heterocycles. The predicted octanol–water partition coefficient (Wildman–Crippen LogP) is 2.76. The molecule has 0 aliphatic heterocycles. The summed E-state index contributed by atoms with van der Waals surface area (Å²) >= 11 is 1.52. The van der Waals surface area contributed by atoms with E-state index in [0.29, 0.717) is 11.6 Å². The van der Waals surface area contributed by atoms with Gasteiger partial charge in [0.05, 0.1) is 18.1 Å². The molecule has 4 nitrogen and oxygen atoms in total. The van der Waals surface area contributed by atoms with Crippen LogP contribution in [0.5, 0.6) is 5.88 Å². The Hall–Kier alpha value is -2.01. The summed E-state index contributed by atoms with van der Waals surface area (Å²) in [5, 5.41) is 2.73. The highest BCUT2D eigenvalue weighted by atomic mass is 32.1. The fourth-order valence-electron chi connectivity index (χ4n) is 1.61. The van der Waals surface area contributed by atoms with Crippen LogP contribution in [0.2, 0.25) is 0 Å². The molecule has 0 aliphatic rings. The number of aromatic nitrogens is 3. The Morgan fingerprint density at radius 3 is 2.53 bits per heavy atom. The van der Waals surface area contributed by atoms with E-state index >= 15 is 0 Å². The van der Waals surface area contributed by atoms with E-state index in [-0.39, 0.29) is 0 Å². The SMILES string of the molecule is COc1nc2ccccc2nc1-c1nccs1. The van der Waals surface area contributed by atoms with Crippen LogP contribution in [0.1, 0.15) is 0 Å². The van der Waals surface area contributed by atoms with Crippen molar-refractivity contribution in [2.45, 2.75) is 0 Å². The molecule has 0 spiro atoms. The molecule has 5 heteroatoms. The number of para-hydroxylation sites is 2. The number of benzene rings is 1. The number of methoxy groups -OCH3 is 1. The first-order valence-corrected chi connectivity index (χ1v) is 5.97. The van der Waals surface area contributed by atoms with Gasteiger partial charge < -0.3 is 4.74 Å². The molecule has 0 atom stereocenters. The quantitative estimate of drug-likeness (QED) is 0.694. The topological polar surface area (TPSA) is 47.9 Å². The molecule has 0 bridgehead atoms. The van der Waals surface area contributed by atoms with Gasteiger partial charge in [-0.25, -0.2) is 15.0 Å². The Morgan fingerprint density at radius 1 is 1.12 bits per heavy atom. The average molecular weight is 243 g/mol. The third-order valence-corrected chi connectivity index (χ3v) is 3.15. The largest absolute Gasteiger partial charge is 0.479 e. The summed E-state index contributed by atoms with van der Waals surface area (Å²) in [4.78, 5) is 13.2. The fourth-order valence-corrected chi connectivity index (χ4v) is 2.22. The zero-order valence-corrected chi connectivity index (χ0v) is 9.94. The molecule has 0 saturated heterocycles. The molecular weight excluding hydrogens is 234 g/mol. The Balaban J connectivity index is 2.29. The van der Waals surface area contributed by atoms with Crippen molar-refractivity contribution < 1.29 is 4.74 Å². The highest BCUT2D eigenvalue weighted by molar-refractivity contribution is 7.13. The van der Waals surface area contributed by atoms with Gasteiger partial charge in [-0.15, -0.1) is 11.3 Å². The van der Waals surface area contributed by atoms with Crippen molar-refractivity contribution in [1.82, 2.24) is 15.0 Å². The van der Waals surface area contributed by atoms with E-state index in [2.05, 4.69) is 15.0 Å². The molecule has 17 heavy (non-hydrogen) atoms. The first kappa shape index (κ1) is 10.2. The highest BCUT2D eigenvalue weighted by Crippen LogP contribution is 2.29. The smallest absolute Gasteiger partial charge is 0.243 e. The maximum Gasteiger partial charge on any atom is 0.243 e. The van der Waals surface area contributed by atoms with Gasteiger partial charge in [0.25, 0.3) is 0 Å². The van der Waals surface area contributed by atoms with Crippen LogP contribution >= 0.6 is 11.3 Å². The van der Waals surface area contributed by atoms with Gasteiger partial charge >= 0.3 is 0 Å². The van der Waals surface area contributed by atoms with Crippen LogP contribution in [0, 0.1) is 0 Å². The van der Waals surface area contributed by atoms with Crippen molar-refractivity contribution in [2.75, 3.05) is 7.11 Å². The molecule has 1 aromatic carbocycles. The van der Waals surface area contributed by atoms with E-state index in [1.54, 1.807) is 13.3 Å². The van der Waals surface area contributed by atoms with Crippen molar-refractivity contribution in [3.05, 3.63) is 35.8 Å². The van der Waals surface area contributed by atoms with Gasteiger partial charge in [-0.05, 0) is 12.1 Å². The zero-order valence-electron chi connectivity index (χ0n) is 9.12. The Bertz CT molecular complexity index is 652. The van der Waals surface area contributed by atoms with Gasteiger partial charge in [0, 0.05) is 11.6 Å². The second kappa shape index (κ2) is 4.10. The maximum atomic E-state index is 5.27. The molecule has 0 unspecified atom stereocenters. The third kappa shape index (κ3) is 1.74. The van der Waals surface area contributed by atoms with Crippen molar-refractivity contribution in [2.24, 2.45) is 0 Å². The Labute approximate surface area is 102 Å². The number of ether oxygens (including phenoxy) is 1. The molecule has 0 amide bonds.